The van der Waals surface area contributed by atoms with Crippen LogP contribution in [0, 0.1) is 0 Å². The standard InChI is InChI=1S/C8H17NO2S/c10-12(11)8-4-7-9-5-2-1-3-6-9/h1-8H2,(H,10,11)/p-1. The van der Waals surface area contributed by atoms with Crippen LogP contribution in [0.2, 0.25) is 0 Å². The van der Waals surface area contributed by atoms with Gasteiger partial charge in [-0.15, -0.1) is 0 Å². The van der Waals surface area contributed by atoms with Crippen LogP contribution in [0.3, 0.4) is 0 Å². The van der Waals surface area contributed by atoms with Crippen LogP contribution >= 0.6 is 0 Å². The Morgan fingerprint density at radius 3 is 2.50 bits per heavy atom. The first-order chi connectivity index (χ1) is 5.79. The molecule has 0 saturated carbocycles. The molecule has 72 valence electrons. The summed E-state index contributed by atoms with van der Waals surface area (Å²) in [6.45, 7) is 3.27. The molecular weight excluding hydrogens is 174 g/mol. The number of piperidine rings is 1. The summed E-state index contributed by atoms with van der Waals surface area (Å²) in [5.41, 5.74) is 0. The van der Waals surface area contributed by atoms with Crippen LogP contribution in [-0.2, 0) is 11.1 Å². The molecule has 1 aliphatic heterocycles. The van der Waals surface area contributed by atoms with E-state index in [-0.39, 0.29) is 0 Å². The predicted octanol–water partition coefficient (Wildman–Crippen LogP) is 0.741. The molecule has 1 rings (SSSR count). The Kier molecular flexibility index (Phi) is 4.80. The third kappa shape index (κ3) is 4.18. The number of rotatable bonds is 4. The van der Waals surface area contributed by atoms with Crippen molar-refractivity contribution >= 4 is 11.1 Å². The number of hydrogen-bond acceptors (Lipinski definition) is 3. The van der Waals surface area contributed by atoms with Gasteiger partial charge in [-0.1, -0.05) is 17.5 Å². The first-order valence-electron chi connectivity index (χ1n) is 4.57. The molecule has 0 aromatic rings. The average Bonchev–Trinajstić information content (AvgIpc) is 2.05. The maximum absolute atomic E-state index is 10.2. The summed E-state index contributed by atoms with van der Waals surface area (Å²) >= 11 is -1.85. The van der Waals surface area contributed by atoms with E-state index in [9.17, 15) is 8.76 Å². The van der Waals surface area contributed by atoms with Crippen LogP contribution in [0.5, 0.6) is 0 Å². The molecule has 0 aromatic carbocycles. The van der Waals surface area contributed by atoms with Crippen molar-refractivity contribution < 1.29 is 8.76 Å². The van der Waals surface area contributed by atoms with Crippen LogP contribution in [0.4, 0.5) is 0 Å². The molecule has 0 radical (unpaired) electrons. The van der Waals surface area contributed by atoms with Crippen LogP contribution in [0.25, 0.3) is 0 Å². The molecule has 1 heterocycles. The van der Waals surface area contributed by atoms with Gasteiger partial charge in [-0.2, -0.15) is 0 Å². The van der Waals surface area contributed by atoms with Gasteiger partial charge in [-0.05, 0) is 38.9 Å². The van der Waals surface area contributed by atoms with E-state index < -0.39 is 11.1 Å². The van der Waals surface area contributed by atoms with E-state index in [1.807, 2.05) is 0 Å². The Morgan fingerprint density at radius 2 is 1.92 bits per heavy atom. The van der Waals surface area contributed by atoms with Crippen molar-refractivity contribution in [2.45, 2.75) is 25.7 Å². The number of hydrogen-bond donors (Lipinski definition) is 0. The molecule has 1 aliphatic rings. The normalized spacial score (nSPS) is 22.4. The quantitative estimate of drug-likeness (QED) is 0.614. The summed E-state index contributed by atoms with van der Waals surface area (Å²) in [4.78, 5) is 2.36. The third-order valence-corrected chi connectivity index (χ3v) is 2.86. The minimum atomic E-state index is -1.85. The first kappa shape index (κ1) is 10.2. The van der Waals surface area contributed by atoms with Gasteiger partial charge in [0.25, 0.3) is 0 Å². The summed E-state index contributed by atoms with van der Waals surface area (Å²) in [6.07, 6.45) is 4.68. The molecule has 1 saturated heterocycles. The Balaban J connectivity index is 2.01. The van der Waals surface area contributed by atoms with Gasteiger partial charge in [0, 0.05) is 5.75 Å². The Bertz CT molecular complexity index is 146. The maximum Gasteiger partial charge on any atom is 0.0114 e. The molecule has 0 amide bonds. The predicted molar refractivity (Wildman–Crippen MR) is 48.7 cm³/mol. The fourth-order valence-corrected chi connectivity index (χ4v) is 1.95. The van der Waals surface area contributed by atoms with Crippen molar-refractivity contribution in [2.24, 2.45) is 0 Å². The van der Waals surface area contributed by atoms with E-state index >= 15 is 0 Å². The number of likely N-dealkylation sites (tertiary alicyclic amines) is 1. The fourth-order valence-electron chi connectivity index (χ4n) is 1.59. The van der Waals surface area contributed by atoms with E-state index in [0.29, 0.717) is 5.75 Å². The summed E-state index contributed by atoms with van der Waals surface area (Å²) in [5, 5.41) is 0. The Labute approximate surface area is 76.4 Å². The van der Waals surface area contributed by atoms with Gasteiger partial charge in [0.1, 0.15) is 0 Å². The van der Waals surface area contributed by atoms with E-state index in [1.54, 1.807) is 0 Å². The Hall–Kier alpha value is 0.0700. The monoisotopic (exact) mass is 190 g/mol. The molecule has 12 heavy (non-hydrogen) atoms. The zero-order chi connectivity index (χ0) is 8.81. The van der Waals surface area contributed by atoms with Crippen LogP contribution in [0.1, 0.15) is 25.7 Å². The first-order valence-corrected chi connectivity index (χ1v) is 5.81. The van der Waals surface area contributed by atoms with E-state index in [4.69, 9.17) is 0 Å². The van der Waals surface area contributed by atoms with Gasteiger partial charge >= 0.3 is 0 Å². The summed E-state index contributed by atoms with van der Waals surface area (Å²) in [5.74, 6) is 0.316. The van der Waals surface area contributed by atoms with Crippen LogP contribution in [-0.4, -0.2) is 39.0 Å². The topological polar surface area (TPSA) is 43.4 Å². The van der Waals surface area contributed by atoms with E-state index in [1.165, 1.54) is 19.3 Å². The lowest BCUT2D eigenvalue weighted by Gasteiger charge is -2.26. The second-order valence-electron chi connectivity index (χ2n) is 3.26. The molecular formula is C8H16NO2S-. The lowest BCUT2D eigenvalue weighted by atomic mass is 10.1. The van der Waals surface area contributed by atoms with Crippen molar-refractivity contribution in [1.29, 1.82) is 0 Å². The fraction of sp³-hybridized carbons (Fsp3) is 1.00. The van der Waals surface area contributed by atoms with Crippen molar-refractivity contribution in [2.75, 3.05) is 25.4 Å². The average molecular weight is 190 g/mol. The summed E-state index contributed by atoms with van der Waals surface area (Å²) in [7, 11) is 0. The van der Waals surface area contributed by atoms with Gasteiger partial charge in [-0.3, -0.25) is 4.21 Å². The molecule has 0 spiro atoms. The van der Waals surface area contributed by atoms with Crippen molar-refractivity contribution in [1.82, 2.24) is 4.90 Å². The van der Waals surface area contributed by atoms with Crippen LogP contribution in [0.15, 0.2) is 0 Å². The molecule has 1 fully saturated rings. The minimum Gasteiger partial charge on any atom is -0.772 e. The van der Waals surface area contributed by atoms with E-state index in [0.717, 1.165) is 26.1 Å². The second kappa shape index (κ2) is 5.67. The number of nitrogens with zero attached hydrogens (tertiary/aromatic N) is 1. The third-order valence-electron chi connectivity index (χ3n) is 2.23. The molecule has 0 N–H and O–H groups in total. The largest absolute Gasteiger partial charge is 0.772 e. The van der Waals surface area contributed by atoms with Gasteiger partial charge in [0.05, 0.1) is 0 Å². The molecule has 0 aliphatic carbocycles. The lowest BCUT2D eigenvalue weighted by Crippen LogP contribution is -2.31. The highest BCUT2D eigenvalue weighted by atomic mass is 32.2. The molecule has 4 heteroatoms. The zero-order valence-corrected chi connectivity index (χ0v) is 8.15. The lowest BCUT2D eigenvalue weighted by molar-refractivity contribution is 0.229. The highest BCUT2D eigenvalue weighted by Crippen LogP contribution is 2.08. The molecule has 3 nitrogen and oxygen atoms in total. The minimum absolute atomic E-state index is 0.316. The molecule has 1 unspecified atom stereocenters. The second-order valence-corrected chi connectivity index (χ2v) is 4.28. The molecule has 0 bridgehead atoms. The smallest absolute Gasteiger partial charge is 0.0114 e. The van der Waals surface area contributed by atoms with Gasteiger partial charge in [0.2, 0.25) is 0 Å². The highest BCUT2D eigenvalue weighted by Gasteiger charge is 2.08. The molecule has 1 atom stereocenters. The summed E-state index contributed by atoms with van der Waals surface area (Å²) in [6, 6.07) is 0. The van der Waals surface area contributed by atoms with E-state index in [2.05, 4.69) is 4.90 Å². The zero-order valence-electron chi connectivity index (χ0n) is 7.33. The maximum atomic E-state index is 10.2. The SMILES string of the molecule is O=S([O-])CCCN1CCCCC1. The van der Waals surface area contributed by atoms with Crippen molar-refractivity contribution in [3.05, 3.63) is 0 Å². The Morgan fingerprint density at radius 1 is 1.25 bits per heavy atom. The highest BCUT2D eigenvalue weighted by molar-refractivity contribution is 7.79. The van der Waals surface area contributed by atoms with Crippen molar-refractivity contribution in [3.63, 3.8) is 0 Å². The van der Waals surface area contributed by atoms with Gasteiger partial charge in [0.15, 0.2) is 0 Å². The van der Waals surface area contributed by atoms with Gasteiger partial charge < -0.3 is 9.45 Å². The molecule has 0 aromatic heterocycles. The summed E-state index contributed by atoms with van der Waals surface area (Å²) < 4.78 is 20.4. The van der Waals surface area contributed by atoms with Crippen LogP contribution < -0.4 is 0 Å². The van der Waals surface area contributed by atoms with Gasteiger partial charge in [-0.25, -0.2) is 0 Å². The van der Waals surface area contributed by atoms with Crippen molar-refractivity contribution in [3.8, 4) is 0 Å².